The van der Waals surface area contributed by atoms with Gasteiger partial charge in [-0.25, -0.2) is 0 Å². The summed E-state index contributed by atoms with van der Waals surface area (Å²) in [6.07, 6.45) is -3.31. The van der Waals surface area contributed by atoms with Crippen LogP contribution in [0.15, 0.2) is 0 Å². The molecule has 1 rings (SSSR count). The SMILES string of the molecule is O=S(=O)(N1CCCC1)N(CCO)CC(F)(F)F. The Morgan fingerprint density at radius 1 is 1.24 bits per heavy atom. The van der Waals surface area contributed by atoms with Crippen LogP contribution in [0.4, 0.5) is 13.2 Å². The Bertz CT molecular complexity index is 338. The number of aliphatic hydroxyl groups is 1. The largest absolute Gasteiger partial charge is 0.402 e. The topological polar surface area (TPSA) is 60.9 Å². The Morgan fingerprint density at radius 2 is 1.76 bits per heavy atom. The van der Waals surface area contributed by atoms with Crippen LogP contribution in [0.1, 0.15) is 12.8 Å². The summed E-state index contributed by atoms with van der Waals surface area (Å²) >= 11 is 0. The molecule has 0 amide bonds. The molecule has 17 heavy (non-hydrogen) atoms. The van der Waals surface area contributed by atoms with E-state index in [2.05, 4.69) is 0 Å². The molecule has 0 aromatic carbocycles. The Kier molecular flexibility index (Phi) is 4.76. The summed E-state index contributed by atoms with van der Waals surface area (Å²) in [6.45, 7) is -2.27. The Hall–Kier alpha value is -0.380. The number of hydrogen-bond donors (Lipinski definition) is 1. The molecular formula is C8H15F3N2O3S. The third-order valence-corrected chi connectivity index (χ3v) is 4.40. The smallest absolute Gasteiger partial charge is 0.395 e. The van der Waals surface area contributed by atoms with Crippen LogP contribution in [0.2, 0.25) is 0 Å². The molecular weight excluding hydrogens is 261 g/mol. The zero-order chi connectivity index (χ0) is 13.1. The van der Waals surface area contributed by atoms with Gasteiger partial charge in [0, 0.05) is 19.6 Å². The van der Waals surface area contributed by atoms with Gasteiger partial charge >= 0.3 is 6.18 Å². The van der Waals surface area contributed by atoms with Gasteiger partial charge in [0.25, 0.3) is 10.2 Å². The van der Waals surface area contributed by atoms with Crippen LogP contribution in [-0.4, -0.2) is 61.1 Å². The molecule has 1 aliphatic heterocycles. The van der Waals surface area contributed by atoms with Gasteiger partial charge in [0.05, 0.1) is 6.61 Å². The quantitative estimate of drug-likeness (QED) is 0.779. The first-order valence-corrected chi connectivity index (χ1v) is 6.60. The lowest BCUT2D eigenvalue weighted by Gasteiger charge is -2.27. The number of rotatable bonds is 5. The standard InChI is InChI=1S/C8H15F3N2O3S/c9-8(10,11)7-13(5-6-14)17(15,16)12-3-1-2-4-12/h14H,1-7H2. The van der Waals surface area contributed by atoms with E-state index in [0.717, 1.165) is 4.31 Å². The third-order valence-electron chi connectivity index (χ3n) is 2.42. The highest BCUT2D eigenvalue weighted by molar-refractivity contribution is 7.86. The molecule has 0 unspecified atom stereocenters. The minimum atomic E-state index is -4.61. The Balaban J connectivity index is 2.81. The summed E-state index contributed by atoms with van der Waals surface area (Å²) in [4.78, 5) is 0. The van der Waals surface area contributed by atoms with Crippen LogP contribution in [0.5, 0.6) is 0 Å². The van der Waals surface area contributed by atoms with Crippen molar-refractivity contribution in [2.24, 2.45) is 0 Å². The van der Waals surface area contributed by atoms with E-state index in [1.54, 1.807) is 0 Å². The van der Waals surface area contributed by atoms with E-state index in [-0.39, 0.29) is 17.4 Å². The van der Waals surface area contributed by atoms with Crippen LogP contribution in [0.3, 0.4) is 0 Å². The Labute approximate surface area is 98.0 Å². The fraction of sp³-hybridized carbons (Fsp3) is 1.00. The van der Waals surface area contributed by atoms with Gasteiger partial charge < -0.3 is 5.11 Å². The molecule has 0 aliphatic carbocycles. The summed E-state index contributed by atoms with van der Waals surface area (Å²) < 4.78 is 61.7. The van der Waals surface area contributed by atoms with Crippen LogP contribution in [0.25, 0.3) is 0 Å². The van der Waals surface area contributed by atoms with Crippen LogP contribution in [-0.2, 0) is 10.2 Å². The van der Waals surface area contributed by atoms with Gasteiger partial charge in [-0.2, -0.15) is 30.2 Å². The third kappa shape index (κ3) is 4.09. The number of hydrogen-bond acceptors (Lipinski definition) is 3. The summed E-state index contributed by atoms with van der Waals surface area (Å²) in [6, 6.07) is 0. The van der Waals surface area contributed by atoms with Gasteiger partial charge in [0.15, 0.2) is 0 Å². The molecule has 0 saturated carbocycles. The average Bonchev–Trinajstić information content (AvgIpc) is 2.68. The summed E-state index contributed by atoms with van der Waals surface area (Å²) in [5.74, 6) is 0. The van der Waals surface area contributed by atoms with Gasteiger partial charge in [0.2, 0.25) is 0 Å². The van der Waals surface area contributed by atoms with E-state index in [0.29, 0.717) is 12.8 Å². The maximum atomic E-state index is 12.2. The van der Waals surface area contributed by atoms with Crippen molar-refractivity contribution in [2.75, 3.05) is 32.8 Å². The van der Waals surface area contributed by atoms with Crippen LogP contribution >= 0.6 is 0 Å². The van der Waals surface area contributed by atoms with Crippen molar-refractivity contribution in [1.82, 2.24) is 8.61 Å². The molecule has 0 bridgehead atoms. The molecule has 0 aromatic heterocycles. The van der Waals surface area contributed by atoms with Gasteiger partial charge in [-0.3, -0.25) is 0 Å². The zero-order valence-corrected chi connectivity index (χ0v) is 9.97. The maximum absolute atomic E-state index is 12.2. The van der Waals surface area contributed by atoms with Gasteiger partial charge in [-0.1, -0.05) is 0 Å². The van der Waals surface area contributed by atoms with E-state index >= 15 is 0 Å². The maximum Gasteiger partial charge on any atom is 0.402 e. The second-order valence-electron chi connectivity index (χ2n) is 3.79. The second-order valence-corrected chi connectivity index (χ2v) is 5.71. The first-order valence-electron chi connectivity index (χ1n) is 5.20. The van der Waals surface area contributed by atoms with Gasteiger partial charge in [0.1, 0.15) is 6.54 Å². The zero-order valence-electron chi connectivity index (χ0n) is 9.15. The average molecular weight is 276 g/mol. The highest BCUT2D eigenvalue weighted by atomic mass is 32.2. The Morgan fingerprint density at radius 3 is 2.18 bits per heavy atom. The molecule has 0 radical (unpaired) electrons. The van der Waals surface area contributed by atoms with Crippen molar-refractivity contribution in [3.63, 3.8) is 0 Å². The molecule has 1 saturated heterocycles. The lowest BCUT2D eigenvalue weighted by atomic mass is 10.4. The molecule has 0 spiro atoms. The highest BCUT2D eigenvalue weighted by Gasteiger charge is 2.39. The minimum Gasteiger partial charge on any atom is -0.395 e. The molecule has 1 N–H and O–H groups in total. The van der Waals surface area contributed by atoms with E-state index in [1.165, 1.54) is 0 Å². The normalized spacial score (nSPS) is 19.1. The lowest BCUT2D eigenvalue weighted by Crippen LogP contribution is -2.47. The van der Waals surface area contributed by atoms with Gasteiger partial charge in [-0.05, 0) is 12.8 Å². The highest BCUT2D eigenvalue weighted by Crippen LogP contribution is 2.22. The first kappa shape index (κ1) is 14.7. The van der Waals surface area contributed by atoms with Gasteiger partial charge in [-0.15, -0.1) is 0 Å². The fourth-order valence-corrected chi connectivity index (χ4v) is 3.34. The minimum absolute atomic E-state index is 0.238. The van der Waals surface area contributed by atoms with Crippen molar-refractivity contribution in [2.45, 2.75) is 19.0 Å². The van der Waals surface area contributed by atoms with Crippen LogP contribution < -0.4 is 0 Å². The second kappa shape index (κ2) is 5.51. The van der Waals surface area contributed by atoms with Crippen molar-refractivity contribution < 1.29 is 26.7 Å². The molecule has 5 nitrogen and oxygen atoms in total. The lowest BCUT2D eigenvalue weighted by molar-refractivity contribution is -0.137. The van der Waals surface area contributed by atoms with Crippen molar-refractivity contribution in [3.05, 3.63) is 0 Å². The summed E-state index contributed by atoms with van der Waals surface area (Å²) in [7, 11) is -4.11. The molecule has 9 heteroatoms. The molecule has 0 atom stereocenters. The van der Waals surface area contributed by atoms with Crippen molar-refractivity contribution in [3.8, 4) is 0 Å². The van der Waals surface area contributed by atoms with Crippen LogP contribution in [0, 0.1) is 0 Å². The summed E-state index contributed by atoms with van der Waals surface area (Å²) in [5.41, 5.74) is 0. The number of nitrogens with zero attached hydrogens (tertiary/aromatic N) is 2. The van der Waals surface area contributed by atoms with E-state index in [1.807, 2.05) is 0 Å². The molecule has 1 aliphatic rings. The predicted octanol–water partition coefficient (Wildman–Crippen LogP) is 0.184. The number of aliphatic hydroxyl groups excluding tert-OH is 1. The van der Waals surface area contributed by atoms with Crippen molar-refractivity contribution >= 4 is 10.2 Å². The number of alkyl halides is 3. The molecule has 1 heterocycles. The predicted molar refractivity (Wildman–Crippen MR) is 54.4 cm³/mol. The number of halogens is 3. The van der Waals surface area contributed by atoms with E-state index in [9.17, 15) is 21.6 Å². The van der Waals surface area contributed by atoms with E-state index < -0.39 is 36.1 Å². The van der Waals surface area contributed by atoms with E-state index in [4.69, 9.17) is 5.11 Å². The molecule has 1 fully saturated rings. The first-order chi connectivity index (χ1) is 7.77. The van der Waals surface area contributed by atoms with Crippen molar-refractivity contribution in [1.29, 1.82) is 0 Å². The monoisotopic (exact) mass is 276 g/mol. The fourth-order valence-electron chi connectivity index (χ4n) is 1.67. The molecule has 0 aromatic rings. The molecule has 102 valence electrons. The summed E-state index contributed by atoms with van der Waals surface area (Å²) in [5, 5.41) is 8.65.